The smallest absolute Gasteiger partial charge is 0.256 e. The number of rotatable bonds is 6. The van der Waals surface area contributed by atoms with Gasteiger partial charge in [-0.25, -0.2) is 0 Å². The van der Waals surface area contributed by atoms with Gasteiger partial charge in [0, 0.05) is 10.4 Å². The molecule has 9 heteroatoms. The van der Waals surface area contributed by atoms with Crippen molar-refractivity contribution in [3.05, 3.63) is 45.8 Å². The largest absolute Gasteiger partial charge is 0.492 e. The number of thiophene rings is 1. The summed E-state index contributed by atoms with van der Waals surface area (Å²) in [4.78, 5) is 17.7. The molecule has 0 spiro atoms. The lowest BCUT2D eigenvalue weighted by atomic mass is 9.96. The molecule has 1 amide bonds. The van der Waals surface area contributed by atoms with E-state index in [1.807, 2.05) is 0 Å². The number of ether oxygens (including phenoxy) is 1. The van der Waals surface area contributed by atoms with E-state index >= 15 is 0 Å². The summed E-state index contributed by atoms with van der Waals surface area (Å²) in [6.45, 7) is 0.643. The van der Waals surface area contributed by atoms with Crippen LogP contribution >= 0.6 is 23.7 Å². The van der Waals surface area contributed by atoms with Gasteiger partial charge in [0.2, 0.25) is 0 Å². The summed E-state index contributed by atoms with van der Waals surface area (Å²) in [6, 6.07) is 9.12. The first-order valence-electron chi connectivity index (χ1n) is 8.72. The first kappa shape index (κ1) is 21.5. The van der Waals surface area contributed by atoms with Gasteiger partial charge in [-0.3, -0.25) is 9.79 Å². The van der Waals surface area contributed by atoms with E-state index < -0.39 is 0 Å². The molecule has 1 aromatic carbocycles. The fourth-order valence-electron chi connectivity index (χ4n) is 3.01. The number of nitrogens with two attached hydrogens (primary N) is 2. The Morgan fingerprint density at radius 1 is 1.32 bits per heavy atom. The fraction of sp³-hybridized carbons (Fsp3) is 0.316. The molecule has 28 heavy (non-hydrogen) atoms. The fourth-order valence-corrected chi connectivity index (χ4v) is 4.25. The van der Waals surface area contributed by atoms with Crippen molar-refractivity contribution < 1.29 is 9.53 Å². The molecule has 1 aliphatic carbocycles. The second kappa shape index (κ2) is 9.97. The van der Waals surface area contributed by atoms with Crippen LogP contribution in [0, 0.1) is 11.3 Å². The molecular weight excluding hydrogens is 398 g/mol. The number of amides is 1. The molecule has 0 radical (unpaired) electrons. The monoisotopic (exact) mass is 419 g/mol. The van der Waals surface area contributed by atoms with Crippen molar-refractivity contribution in [1.82, 2.24) is 0 Å². The van der Waals surface area contributed by atoms with E-state index in [0.29, 0.717) is 35.0 Å². The van der Waals surface area contributed by atoms with Crippen LogP contribution in [0.1, 0.15) is 39.2 Å². The van der Waals surface area contributed by atoms with E-state index in [1.54, 1.807) is 24.3 Å². The lowest BCUT2D eigenvalue weighted by molar-refractivity contribution is 0.102. The molecule has 2 aromatic rings. The molecule has 1 aliphatic rings. The van der Waals surface area contributed by atoms with Crippen molar-refractivity contribution >= 4 is 40.6 Å². The summed E-state index contributed by atoms with van der Waals surface area (Å²) in [5.74, 6) is 0.304. The summed E-state index contributed by atoms with van der Waals surface area (Å²) < 4.78 is 5.56. The normalized spacial score (nSPS) is 12.1. The van der Waals surface area contributed by atoms with Crippen molar-refractivity contribution in [1.29, 1.82) is 5.26 Å². The Hall–Kier alpha value is -2.76. The van der Waals surface area contributed by atoms with E-state index in [4.69, 9.17) is 16.2 Å². The Morgan fingerprint density at radius 3 is 2.86 bits per heavy atom. The van der Waals surface area contributed by atoms with Crippen LogP contribution in [0.4, 0.5) is 5.00 Å². The third-order valence-electron chi connectivity index (χ3n) is 4.26. The highest BCUT2D eigenvalue weighted by Gasteiger charge is 2.22. The predicted molar refractivity (Wildman–Crippen MR) is 113 cm³/mol. The lowest BCUT2D eigenvalue weighted by Gasteiger charge is -2.09. The Bertz CT molecular complexity index is 916. The molecule has 0 saturated carbocycles. The maximum Gasteiger partial charge on any atom is 0.256 e. The van der Waals surface area contributed by atoms with Crippen molar-refractivity contribution in [2.45, 2.75) is 25.7 Å². The van der Waals surface area contributed by atoms with Gasteiger partial charge in [-0.1, -0.05) is 6.07 Å². The maximum atomic E-state index is 12.6. The van der Waals surface area contributed by atoms with Crippen LogP contribution in [0.5, 0.6) is 5.75 Å². The number of carbonyl (C=O) groups is 1. The highest BCUT2D eigenvalue weighted by atomic mass is 35.5. The second-order valence-corrected chi connectivity index (χ2v) is 7.27. The number of fused-ring (bicyclic) bond motifs is 1. The molecule has 148 valence electrons. The van der Waals surface area contributed by atoms with E-state index in [2.05, 4.69) is 16.4 Å². The molecule has 1 heterocycles. The molecule has 0 aliphatic heterocycles. The number of hydrogen-bond donors (Lipinski definition) is 3. The molecule has 0 unspecified atom stereocenters. The van der Waals surface area contributed by atoms with Crippen molar-refractivity contribution in [3.63, 3.8) is 0 Å². The van der Waals surface area contributed by atoms with E-state index in [1.165, 1.54) is 16.2 Å². The van der Waals surface area contributed by atoms with E-state index in [0.717, 1.165) is 31.2 Å². The molecule has 1 aromatic heterocycles. The van der Waals surface area contributed by atoms with Crippen LogP contribution in [-0.2, 0) is 12.8 Å². The zero-order valence-corrected chi connectivity index (χ0v) is 16.9. The number of anilines is 1. The van der Waals surface area contributed by atoms with Crippen LogP contribution in [0.2, 0.25) is 0 Å². The van der Waals surface area contributed by atoms with Crippen LogP contribution in [-0.4, -0.2) is 25.0 Å². The maximum absolute atomic E-state index is 12.6. The average Bonchev–Trinajstić information content (AvgIpc) is 3.02. The Morgan fingerprint density at radius 2 is 2.11 bits per heavy atom. The zero-order valence-electron chi connectivity index (χ0n) is 15.2. The number of nitriles is 1. The SMILES string of the molecule is Cl.N#Cc1c(NC(=O)c2cccc(OCCN=C(N)N)c2)sc2c1CCCC2. The van der Waals surface area contributed by atoms with Gasteiger partial charge in [0.15, 0.2) is 5.96 Å². The summed E-state index contributed by atoms with van der Waals surface area (Å²) >= 11 is 1.51. The Balaban J connectivity index is 0.00000280. The standard InChI is InChI=1S/C19H21N5O2S.ClH/c20-11-15-14-6-1-2-7-16(14)27-18(15)24-17(25)12-4-3-5-13(10-12)26-9-8-23-19(21)22;/h3-5,10H,1-2,6-9H2,(H,24,25)(H4,21,22,23);1H. The van der Waals surface area contributed by atoms with E-state index in [9.17, 15) is 10.1 Å². The minimum atomic E-state index is -0.264. The van der Waals surface area contributed by atoms with Crippen molar-refractivity contribution in [2.24, 2.45) is 16.5 Å². The van der Waals surface area contributed by atoms with Gasteiger partial charge < -0.3 is 21.5 Å². The summed E-state index contributed by atoms with van der Waals surface area (Å²) in [5, 5.41) is 13.0. The number of carbonyl (C=O) groups excluding carboxylic acids is 1. The molecule has 0 saturated heterocycles. The van der Waals surface area contributed by atoms with Crippen molar-refractivity contribution in [2.75, 3.05) is 18.5 Å². The van der Waals surface area contributed by atoms with Crippen molar-refractivity contribution in [3.8, 4) is 11.8 Å². The minimum Gasteiger partial charge on any atom is -0.492 e. The summed E-state index contributed by atoms with van der Waals surface area (Å²) in [5.41, 5.74) is 12.7. The quantitative estimate of drug-likeness (QED) is 0.377. The minimum absolute atomic E-state index is 0. The highest BCUT2D eigenvalue weighted by molar-refractivity contribution is 7.16. The molecule has 0 atom stereocenters. The lowest BCUT2D eigenvalue weighted by Crippen LogP contribution is -2.23. The zero-order chi connectivity index (χ0) is 19.2. The number of aliphatic imine (C=N–C) groups is 1. The van der Waals surface area contributed by atoms with Gasteiger partial charge in [-0.05, 0) is 49.4 Å². The number of halogens is 1. The van der Waals surface area contributed by atoms with Gasteiger partial charge >= 0.3 is 0 Å². The van der Waals surface area contributed by atoms with Gasteiger partial charge in [0.1, 0.15) is 23.4 Å². The first-order chi connectivity index (χ1) is 13.1. The highest BCUT2D eigenvalue weighted by Crippen LogP contribution is 2.37. The van der Waals surface area contributed by atoms with Crippen LogP contribution < -0.4 is 21.5 Å². The number of hydrogen-bond acceptors (Lipinski definition) is 5. The second-order valence-electron chi connectivity index (χ2n) is 6.16. The molecular formula is C19H22ClN5O2S. The van der Waals surface area contributed by atoms with E-state index in [-0.39, 0.29) is 24.3 Å². The molecule has 3 rings (SSSR count). The van der Waals surface area contributed by atoms with Gasteiger partial charge in [-0.15, -0.1) is 23.7 Å². The molecule has 7 nitrogen and oxygen atoms in total. The predicted octanol–water partition coefficient (Wildman–Crippen LogP) is 2.82. The number of nitrogens with zero attached hydrogens (tertiary/aromatic N) is 2. The van der Waals surface area contributed by atoms with Gasteiger partial charge in [-0.2, -0.15) is 5.26 Å². The molecule has 0 fully saturated rings. The number of aryl methyl sites for hydroxylation is 1. The number of guanidine groups is 1. The third kappa shape index (κ3) is 5.15. The molecule has 5 N–H and O–H groups in total. The first-order valence-corrected chi connectivity index (χ1v) is 9.54. The van der Waals surface area contributed by atoms with Gasteiger partial charge in [0.05, 0.1) is 12.1 Å². The van der Waals surface area contributed by atoms with Crippen LogP contribution in [0.3, 0.4) is 0 Å². The average molecular weight is 420 g/mol. The Kier molecular flexibility index (Phi) is 7.67. The third-order valence-corrected chi connectivity index (χ3v) is 5.47. The number of nitrogens with one attached hydrogen (secondary N) is 1. The van der Waals surface area contributed by atoms with Crippen LogP contribution in [0.25, 0.3) is 0 Å². The summed E-state index contributed by atoms with van der Waals surface area (Å²) in [6.07, 6.45) is 4.10. The number of benzene rings is 1. The van der Waals surface area contributed by atoms with Gasteiger partial charge in [0.25, 0.3) is 5.91 Å². The summed E-state index contributed by atoms with van der Waals surface area (Å²) in [7, 11) is 0. The Labute approximate surface area is 173 Å². The topological polar surface area (TPSA) is 127 Å². The molecule has 0 bridgehead atoms. The van der Waals surface area contributed by atoms with Crippen LogP contribution in [0.15, 0.2) is 29.3 Å².